The van der Waals surface area contributed by atoms with E-state index in [1.54, 1.807) is 0 Å². The fraction of sp³-hybridized carbons (Fsp3) is 0.231. The zero-order chi connectivity index (χ0) is 23.4. The van der Waals surface area contributed by atoms with Crippen LogP contribution >= 0.6 is 27.3 Å². The van der Waals surface area contributed by atoms with Gasteiger partial charge in [-0.15, -0.1) is 11.3 Å². The summed E-state index contributed by atoms with van der Waals surface area (Å²) in [7, 11) is 0. The first-order valence-corrected chi connectivity index (χ1v) is 12.5. The van der Waals surface area contributed by atoms with E-state index in [-0.39, 0.29) is 0 Å². The summed E-state index contributed by atoms with van der Waals surface area (Å²) in [5.41, 5.74) is 1.12. The maximum Gasteiger partial charge on any atom is 0.416 e. The van der Waals surface area contributed by atoms with Crippen LogP contribution in [-0.2, 0) is 6.18 Å². The number of rotatable bonds is 8. The fourth-order valence-corrected chi connectivity index (χ4v) is 5.02. The maximum absolute atomic E-state index is 13.0. The smallest absolute Gasteiger partial charge is 0.416 e. The molecule has 0 aliphatic rings. The molecule has 0 saturated heterocycles. The molecule has 0 aliphatic carbocycles. The molecule has 1 aromatic heterocycles. The number of hydrogen-bond donors (Lipinski definition) is 0. The summed E-state index contributed by atoms with van der Waals surface area (Å²) in [6.07, 6.45) is -2.34. The van der Waals surface area contributed by atoms with Crippen LogP contribution in [0.25, 0.3) is 20.5 Å². The molecule has 4 rings (SSSR count). The SMILES string of the molecule is Cc1ccc2c(Oc3ccc(OCCCCBr)cc3)c(-c3ccc(C(F)(F)F)cc3)sc2c1. The number of unbranched alkanes of at least 4 members (excludes halogenated alkanes) is 1. The van der Waals surface area contributed by atoms with Crippen LogP contribution in [0.1, 0.15) is 24.0 Å². The minimum absolute atomic E-state index is 0.635. The summed E-state index contributed by atoms with van der Waals surface area (Å²) < 4.78 is 52.1. The van der Waals surface area contributed by atoms with Crippen molar-refractivity contribution in [3.63, 3.8) is 0 Å². The quantitative estimate of drug-likeness (QED) is 0.165. The lowest BCUT2D eigenvalue weighted by atomic mass is 10.1. The van der Waals surface area contributed by atoms with Crippen molar-refractivity contribution in [3.05, 3.63) is 77.9 Å². The highest BCUT2D eigenvalue weighted by molar-refractivity contribution is 9.09. The van der Waals surface area contributed by atoms with Crippen molar-refractivity contribution in [1.82, 2.24) is 0 Å². The van der Waals surface area contributed by atoms with E-state index in [1.165, 1.54) is 23.5 Å². The molecule has 4 aromatic rings. The molecule has 0 spiro atoms. The largest absolute Gasteiger partial charge is 0.494 e. The van der Waals surface area contributed by atoms with E-state index in [2.05, 4.69) is 22.0 Å². The highest BCUT2D eigenvalue weighted by Gasteiger charge is 2.30. The van der Waals surface area contributed by atoms with Gasteiger partial charge in [0.1, 0.15) is 11.5 Å². The lowest BCUT2D eigenvalue weighted by Gasteiger charge is -2.11. The van der Waals surface area contributed by atoms with Crippen LogP contribution in [0.15, 0.2) is 66.7 Å². The van der Waals surface area contributed by atoms with Gasteiger partial charge in [-0.1, -0.05) is 34.1 Å². The first kappa shape index (κ1) is 23.6. The topological polar surface area (TPSA) is 18.5 Å². The number of aryl methyl sites for hydroxylation is 1. The number of alkyl halides is 4. The second-order valence-corrected chi connectivity index (χ2v) is 9.50. The number of ether oxygens (including phenoxy) is 2. The summed E-state index contributed by atoms with van der Waals surface area (Å²) in [6.45, 7) is 2.66. The molecule has 7 heteroatoms. The molecule has 0 fully saturated rings. The molecule has 3 aromatic carbocycles. The summed E-state index contributed by atoms with van der Waals surface area (Å²) in [5, 5.41) is 1.88. The van der Waals surface area contributed by atoms with Crippen LogP contribution in [0, 0.1) is 6.92 Å². The summed E-state index contributed by atoms with van der Waals surface area (Å²) >= 11 is 4.92. The highest BCUT2D eigenvalue weighted by Crippen LogP contribution is 2.47. The van der Waals surface area contributed by atoms with Crippen LogP contribution < -0.4 is 9.47 Å². The van der Waals surface area contributed by atoms with E-state index in [0.29, 0.717) is 23.7 Å². The van der Waals surface area contributed by atoms with Crippen molar-refractivity contribution in [2.24, 2.45) is 0 Å². The monoisotopic (exact) mass is 534 g/mol. The lowest BCUT2D eigenvalue weighted by molar-refractivity contribution is -0.137. The Kier molecular flexibility index (Phi) is 7.29. The molecule has 2 nitrogen and oxygen atoms in total. The normalized spacial score (nSPS) is 11.7. The van der Waals surface area contributed by atoms with E-state index in [9.17, 15) is 13.2 Å². The Hall–Kier alpha value is -2.51. The molecule has 0 amide bonds. The molecule has 0 saturated carbocycles. The van der Waals surface area contributed by atoms with Crippen molar-refractivity contribution < 1.29 is 22.6 Å². The van der Waals surface area contributed by atoms with Gasteiger partial charge >= 0.3 is 6.18 Å². The first-order valence-electron chi connectivity index (χ1n) is 10.5. The Balaban J connectivity index is 1.64. The molecule has 33 heavy (non-hydrogen) atoms. The van der Waals surface area contributed by atoms with Gasteiger partial charge in [0.05, 0.1) is 17.0 Å². The van der Waals surface area contributed by atoms with Gasteiger partial charge in [0.15, 0.2) is 5.75 Å². The van der Waals surface area contributed by atoms with Crippen molar-refractivity contribution in [2.45, 2.75) is 25.9 Å². The molecular formula is C26H22BrF3O2S. The Morgan fingerprint density at radius 2 is 1.58 bits per heavy atom. The van der Waals surface area contributed by atoms with Crippen LogP contribution in [0.5, 0.6) is 17.2 Å². The highest BCUT2D eigenvalue weighted by atomic mass is 79.9. The van der Waals surface area contributed by atoms with Crippen LogP contribution in [0.3, 0.4) is 0 Å². The van der Waals surface area contributed by atoms with Crippen molar-refractivity contribution >= 4 is 37.4 Å². The fourth-order valence-electron chi connectivity index (χ4n) is 3.39. The molecule has 0 N–H and O–H groups in total. The molecule has 172 valence electrons. The molecular weight excluding hydrogens is 513 g/mol. The van der Waals surface area contributed by atoms with Gasteiger partial charge in [0.2, 0.25) is 0 Å². The molecule has 0 radical (unpaired) electrons. The second kappa shape index (κ2) is 10.2. The zero-order valence-electron chi connectivity index (χ0n) is 17.9. The third-order valence-electron chi connectivity index (χ3n) is 5.11. The number of benzene rings is 3. The number of halogens is 4. The molecule has 1 heterocycles. The van der Waals surface area contributed by atoms with E-state index in [1.807, 2.05) is 43.3 Å². The Morgan fingerprint density at radius 1 is 0.879 bits per heavy atom. The predicted molar refractivity (Wildman–Crippen MR) is 132 cm³/mol. The van der Waals surface area contributed by atoms with E-state index in [0.717, 1.165) is 56.6 Å². The molecule has 0 unspecified atom stereocenters. The lowest BCUT2D eigenvalue weighted by Crippen LogP contribution is -2.03. The van der Waals surface area contributed by atoms with E-state index < -0.39 is 11.7 Å². The van der Waals surface area contributed by atoms with Gasteiger partial charge in [-0.2, -0.15) is 13.2 Å². The van der Waals surface area contributed by atoms with Crippen molar-refractivity contribution in [1.29, 1.82) is 0 Å². The van der Waals surface area contributed by atoms with Crippen molar-refractivity contribution in [3.8, 4) is 27.7 Å². The van der Waals surface area contributed by atoms with Gasteiger partial charge < -0.3 is 9.47 Å². The minimum atomic E-state index is -4.37. The molecule has 0 aliphatic heterocycles. The predicted octanol–water partition coefficient (Wildman–Crippen LogP) is 9.24. The van der Waals surface area contributed by atoms with E-state index in [4.69, 9.17) is 9.47 Å². The zero-order valence-corrected chi connectivity index (χ0v) is 20.3. The minimum Gasteiger partial charge on any atom is -0.494 e. The van der Waals surface area contributed by atoms with Gasteiger partial charge in [0, 0.05) is 15.4 Å². The van der Waals surface area contributed by atoms with E-state index >= 15 is 0 Å². The number of thiophene rings is 1. The van der Waals surface area contributed by atoms with Gasteiger partial charge in [0.25, 0.3) is 0 Å². The second-order valence-electron chi connectivity index (χ2n) is 7.65. The average Bonchev–Trinajstić information content (AvgIpc) is 3.14. The maximum atomic E-state index is 13.0. The summed E-state index contributed by atoms with van der Waals surface area (Å²) in [4.78, 5) is 0.791. The molecule has 0 atom stereocenters. The van der Waals surface area contributed by atoms with Crippen LogP contribution in [-0.4, -0.2) is 11.9 Å². The van der Waals surface area contributed by atoms with Crippen molar-refractivity contribution in [2.75, 3.05) is 11.9 Å². The Labute approximate surface area is 203 Å². The Bertz CT molecular complexity index is 1220. The Morgan fingerprint density at radius 3 is 2.24 bits per heavy atom. The number of fused-ring (bicyclic) bond motifs is 1. The third-order valence-corrected chi connectivity index (χ3v) is 6.86. The molecule has 0 bridgehead atoms. The first-order chi connectivity index (χ1) is 15.8. The van der Waals surface area contributed by atoms with Gasteiger partial charge in [-0.05, 0) is 79.4 Å². The van der Waals surface area contributed by atoms with Gasteiger partial charge in [-0.3, -0.25) is 0 Å². The summed E-state index contributed by atoms with van der Waals surface area (Å²) in [6, 6.07) is 18.7. The average molecular weight is 535 g/mol. The van der Waals surface area contributed by atoms with Gasteiger partial charge in [-0.25, -0.2) is 0 Å². The van der Waals surface area contributed by atoms with Crippen LogP contribution in [0.2, 0.25) is 0 Å². The summed E-state index contributed by atoms with van der Waals surface area (Å²) in [5.74, 6) is 2.04. The van der Waals surface area contributed by atoms with Crippen LogP contribution in [0.4, 0.5) is 13.2 Å². The third kappa shape index (κ3) is 5.71. The number of hydrogen-bond acceptors (Lipinski definition) is 3. The standard InChI is InChI=1S/C26H22BrF3O2S/c1-17-4-13-22-23(16-17)33-25(18-5-7-19(8-6-18)26(28,29)30)24(22)32-21-11-9-20(10-12-21)31-15-3-2-14-27/h4-13,16H,2-3,14-15H2,1H3.